The molecule has 1 heterocycles. The smallest absolute Gasteiger partial charge is 0.0555 e. The van der Waals surface area contributed by atoms with Crippen LogP contribution in [-0.4, -0.2) is 37.9 Å². The Morgan fingerprint density at radius 2 is 2.33 bits per heavy atom. The molecule has 1 aliphatic rings. The maximum absolute atomic E-state index is 8.57. The first-order valence-corrected chi connectivity index (χ1v) is 4.85. The molecule has 1 aliphatic heterocycles. The number of aliphatic hydroxyl groups is 1. The Balaban J connectivity index is 2.06. The van der Waals surface area contributed by atoms with Crippen LogP contribution in [0.1, 0.15) is 13.3 Å². The molecule has 0 aromatic carbocycles. The third-order valence-corrected chi connectivity index (χ3v) is 2.38. The maximum atomic E-state index is 8.57. The predicted molar refractivity (Wildman–Crippen MR) is 50.1 cm³/mol. The lowest BCUT2D eigenvalue weighted by atomic mass is 9.92. The summed E-state index contributed by atoms with van der Waals surface area (Å²) in [5.74, 6) is 1.56. The van der Waals surface area contributed by atoms with Crippen LogP contribution in [0.4, 0.5) is 0 Å². The van der Waals surface area contributed by atoms with Crippen molar-refractivity contribution in [3.05, 3.63) is 0 Å². The summed E-state index contributed by atoms with van der Waals surface area (Å²) >= 11 is 0. The Morgan fingerprint density at radius 1 is 1.50 bits per heavy atom. The number of rotatable bonds is 4. The van der Waals surface area contributed by atoms with Gasteiger partial charge in [0.05, 0.1) is 6.61 Å². The molecule has 3 heteroatoms. The van der Waals surface area contributed by atoms with Crippen molar-refractivity contribution in [3.8, 4) is 0 Å². The number of aliphatic hydroxyl groups excluding tert-OH is 1. The third-order valence-electron chi connectivity index (χ3n) is 2.38. The van der Waals surface area contributed by atoms with Gasteiger partial charge in [-0.05, 0) is 37.9 Å². The normalized spacial score (nSPS) is 30.5. The van der Waals surface area contributed by atoms with Crippen LogP contribution < -0.4 is 10.6 Å². The van der Waals surface area contributed by atoms with E-state index in [2.05, 4.69) is 17.6 Å². The zero-order valence-electron chi connectivity index (χ0n) is 7.84. The van der Waals surface area contributed by atoms with Crippen molar-refractivity contribution in [1.29, 1.82) is 0 Å². The van der Waals surface area contributed by atoms with E-state index >= 15 is 0 Å². The van der Waals surface area contributed by atoms with Crippen molar-refractivity contribution >= 4 is 0 Å². The highest BCUT2D eigenvalue weighted by Crippen LogP contribution is 2.14. The topological polar surface area (TPSA) is 44.3 Å². The second-order valence-electron chi connectivity index (χ2n) is 3.79. The number of nitrogens with one attached hydrogen (secondary N) is 2. The van der Waals surface area contributed by atoms with Crippen molar-refractivity contribution in [2.24, 2.45) is 11.8 Å². The standard InChI is InChI=1S/C9H20N2O/c1-8-4-9(7-11-5-8)6-10-2-3-12/h8-12H,2-7H2,1H3/t8-,9-/m0/s1. The molecule has 0 bridgehead atoms. The molecule has 0 radical (unpaired) electrons. The Kier molecular flexibility index (Phi) is 4.58. The monoisotopic (exact) mass is 172 g/mol. The molecule has 0 amide bonds. The Morgan fingerprint density at radius 3 is 3.00 bits per heavy atom. The van der Waals surface area contributed by atoms with Crippen LogP contribution >= 0.6 is 0 Å². The van der Waals surface area contributed by atoms with Gasteiger partial charge in [-0.15, -0.1) is 0 Å². The zero-order chi connectivity index (χ0) is 8.81. The summed E-state index contributed by atoms with van der Waals surface area (Å²) in [4.78, 5) is 0. The van der Waals surface area contributed by atoms with Crippen molar-refractivity contribution < 1.29 is 5.11 Å². The molecular formula is C9H20N2O. The van der Waals surface area contributed by atoms with Crippen molar-refractivity contribution in [3.63, 3.8) is 0 Å². The number of piperidine rings is 1. The van der Waals surface area contributed by atoms with E-state index in [4.69, 9.17) is 5.11 Å². The van der Waals surface area contributed by atoms with Gasteiger partial charge >= 0.3 is 0 Å². The summed E-state index contributed by atoms with van der Waals surface area (Å²) in [6.07, 6.45) is 1.31. The zero-order valence-corrected chi connectivity index (χ0v) is 7.84. The minimum Gasteiger partial charge on any atom is -0.395 e. The van der Waals surface area contributed by atoms with E-state index in [0.29, 0.717) is 0 Å². The molecule has 0 aromatic heterocycles. The first-order valence-electron chi connectivity index (χ1n) is 4.85. The van der Waals surface area contributed by atoms with E-state index in [9.17, 15) is 0 Å². The summed E-state index contributed by atoms with van der Waals surface area (Å²) in [7, 11) is 0. The molecule has 0 saturated carbocycles. The fourth-order valence-corrected chi connectivity index (χ4v) is 1.81. The SMILES string of the molecule is C[C@@H]1CNC[C@H](CNCCO)C1. The van der Waals surface area contributed by atoms with E-state index in [1.165, 1.54) is 6.42 Å². The van der Waals surface area contributed by atoms with Crippen LogP contribution in [-0.2, 0) is 0 Å². The average molecular weight is 172 g/mol. The molecule has 2 atom stereocenters. The molecule has 1 rings (SSSR count). The molecule has 3 nitrogen and oxygen atoms in total. The highest BCUT2D eigenvalue weighted by atomic mass is 16.3. The van der Waals surface area contributed by atoms with E-state index in [1.807, 2.05) is 0 Å². The Hall–Kier alpha value is -0.120. The van der Waals surface area contributed by atoms with Crippen LogP contribution in [0.15, 0.2) is 0 Å². The molecule has 12 heavy (non-hydrogen) atoms. The third kappa shape index (κ3) is 3.52. The molecule has 0 aliphatic carbocycles. The van der Waals surface area contributed by atoms with Gasteiger partial charge in [0.1, 0.15) is 0 Å². The van der Waals surface area contributed by atoms with Gasteiger partial charge in [0.15, 0.2) is 0 Å². The minimum absolute atomic E-state index is 0.246. The van der Waals surface area contributed by atoms with Gasteiger partial charge in [-0.1, -0.05) is 6.92 Å². The van der Waals surface area contributed by atoms with Crippen molar-refractivity contribution in [2.45, 2.75) is 13.3 Å². The van der Waals surface area contributed by atoms with Crippen molar-refractivity contribution in [1.82, 2.24) is 10.6 Å². The van der Waals surface area contributed by atoms with Crippen LogP contribution in [0.5, 0.6) is 0 Å². The van der Waals surface area contributed by atoms with Gasteiger partial charge in [-0.2, -0.15) is 0 Å². The Bertz CT molecular complexity index is 119. The lowest BCUT2D eigenvalue weighted by Gasteiger charge is -2.27. The van der Waals surface area contributed by atoms with E-state index < -0.39 is 0 Å². The molecule has 1 fully saturated rings. The van der Waals surface area contributed by atoms with Gasteiger partial charge in [0.25, 0.3) is 0 Å². The summed E-state index contributed by atoms with van der Waals surface area (Å²) in [5, 5.41) is 15.2. The molecule has 72 valence electrons. The lowest BCUT2D eigenvalue weighted by Crippen LogP contribution is -2.40. The molecule has 0 unspecified atom stereocenters. The largest absolute Gasteiger partial charge is 0.395 e. The molecule has 1 saturated heterocycles. The minimum atomic E-state index is 0.246. The van der Waals surface area contributed by atoms with Crippen molar-refractivity contribution in [2.75, 3.05) is 32.8 Å². The first kappa shape index (κ1) is 9.96. The second-order valence-corrected chi connectivity index (χ2v) is 3.79. The quantitative estimate of drug-likeness (QED) is 0.515. The van der Waals surface area contributed by atoms with Gasteiger partial charge in [-0.3, -0.25) is 0 Å². The maximum Gasteiger partial charge on any atom is 0.0555 e. The second kappa shape index (κ2) is 5.51. The summed E-state index contributed by atoms with van der Waals surface area (Å²) in [5.41, 5.74) is 0. The number of hydrogen-bond donors (Lipinski definition) is 3. The average Bonchev–Trinajstić information content (AvgIpc) is 2.05. The highest BCUT2D eigenvalue weighted by Gasteiger charge is 2.17. The van der Waals surface area contributed by atoms with Crippen LogP contribution in [0.3, 0.4) is 0 Å². The van der Waals surface area contributed by atoms with E-state index in [-0.39, 0.29) is 6.61 Å². The fourth-order valence-electron chi connectivity index (χ4n) is 1.81. The van der Waals surface area contributed by atoms with Gasteiger partial charge in [-0.25, -0.2) is 0 Å². The van der Waals surface area contributed by atoms with E-state index in [0.717, 1.165) is 38.0 Å². The molecule has 0 aromatic rings. The predicted octanol–water partition coefficient (Wildman–Crippen LogP) is -0.186. The number of hydrogen-bond acceptors (Lipinski definition) is 3. The van der Waals surface area contributed by atoms with E-state index in [1.54, 1.807) is 0 Å². The van der Waals surface area contributed by atoms with Gasteiger partial charge in [0, 0.05) is 6.54 Å². The summed E-state index contributed by atoms with van der Waals surface area (Å²) in [6.45, 7) is 6.59. The lowest BCUT2D eigenvalue weighted by molar-refractivity contribution is 0.266. The van der Waals surface area contributed by atoms with Gasteiger partial charge < -0.3 is 15.7 Å². The molecular weight excluding hydrogens is 152 g/mol. The molecule has 0 spiro atoms. The first-order chi connectivity index (χ1) is 5.83. The molecule has 3 N–H and O–H groups in total. The van der Waals surface area contributed by atoms with Gasteiger partial charge in [0.2, 0.25) is 0 Å². The Labute approximate surface area is 74.5 Å². The highest BCUT2D eigenvalue weighted by molar-refractivity contribution is 4.74. The van der Waals surface area contributed by atoms with Crippen LogP contribution in [0.2, 0.25) is 0 Å². The fraction of sp³-hybridized carbons (Fsp3) is 1.00. The van der Waals surface area contributed by atoms with Crippen LogP contribution in [0, 0.1) is 11.8 Å². The van der Waals surface area contributed by atoms with Crippen LogP contribution in [0.25, 0.3) is 0 Å². The summed E-state index contributed by atoms with van der Waals surface area (Å²) in [6, 6.07) is 0. The summed E-state index contributed by atoms with van der Waals surface area (Å²) < 4.78 is 0.